The van der Waals surface area contributed by atoms with Crippen LogP contribution >= 0.6 is 0 Å². The zero-order chi connectivity index (χ0) is 23.5. The molecule has 34 heavy (non-hydrogen) atoms. The molecular formula is C25H26N4O5. The van der Waals surface area contributed by atoms with Crippen molar-refractivity contribution in [2.75, 3.05) is 13.7 Å². The number of hydrogen-bond acceptors (Lipinski definition) is 7. The maximum atomic E-state index is 13.6. The minimum absolute atomic E-state index is 0.221. The summed E-state index contributed by atoms with van der Waals surface area (Å²) in [6, 6.07) is 19.5. The second-order valence-electron chi connectivity index (χ2n) is 8.16. The maximum Gasteiger partial charge on any atom is 0.332 e. The molecule has 3 heterocycles. The van der Waals surface area contributed by atoms with Crippen LogP contribution in [0.15, 0.2) is 71.8 Å². The normalized spacial score (nSPS) is 20.1. The van der Waals surface area contributed by atoms with Crippen molar-refractivity contribution in [3.8, 4) is 5.88 Å². The Labute approximate surface area is 196 Å². The number of aliphatic hydroxyl groups excluding tert-OH is 1. The number of methoxy groups -OCH3 is 1. The molecular weight excluding hydrogens is 436 g/mol. The van der Waals surface area contributed by atoms with Crippen molar-refractivity contribution in [2.24, 2.45) is 0 Å². The van der Waals surface area contributed by atoms with Crippen LogP contribution in [0.3, 0.4) is 0 Å². The number of ether oxygens (including phenoxy) is 3. The number of hydrogen-bond donors (Lipinski definition) is 1. The molecule has 1 fully saturated rings. The third-order valence-electron chi connectivity index (χ3n) is 6.04. The number of imidazole rings is 1. The van der Waals surface area contributed by atoms with Gasteiger partial charge in [-0.1, -0.05) is 60.7 Å². The summed E-state index contributed by atoms with van der Waals surface area (Å²) in [5, 5.41) is 9.93. The van der Waals surface area contributed by atoms with E-state index in [1.165, 1.54) is 18.0 Å². The number of fused-ring (bicyclic) bond motifs is 1. The smallest absolute Gasteiger partial charge is 0.332 e. The Morgan fingerprint density at radius 2 is 1.76 bits per heavy atom. The van der Waals surface area contributed by atoms with Crippen LogP contribution in [0, 0.1) is 0 Å². The van der Waals surface area contributed by atoms with Gasteiger partial charge in [0.1, 0.15) is 18.7 Å². The summed E-state index contributed by atoms with van der Waals surface area (Å²) < 4.78 is 20.8. The van der Waals surface area contributed by atoms with Crippen molar-refractivity contribution < 1.29 is 19.3 Å². The van der Waals surface area contributed by atoms with E-state index in [9.17, 15) is 9.90 Å². The van der Waals surface area contributed by atoms with Crippen LogP contribution in [-0.2, 0) is 22.6 Å². The van der Waals surface area contributed by atoms with Gasteiger partial charge in [0.15, 0.2) is 11.2 Å². The number of benzene rings is 2. The van der Waals surface area contributed by atoms with Gasteiger partial charge in [-0.05, 0) is 11.1 Å². The van der Waals surface area contributed by atoms with Gasteiger partial charge in [-0.2, -0.15) is 4.98 Å². The van der Waals surface area contributed by atoms with Gasteiger partial charge < -0.3 is 19.3 Å². The molecule has 1 aliphatic rings. The highest BCUT2D eigenvalue weighted by atomic mass is 16.6. The first-order valence-corrected chi connectivity index (χ1v) is 11.1. The SMILES string of the molecule is COc1ncnc2c1n([C@H]1C[C@H](OCc3ccccc3)[C@@H](CO)O1)c(=O)n2Cc1ccccc1. The molecule has 0 bridgehead atoms. The third kappa shape index (κ3) is 4.21. The molecule has 0 unspecified atom stereocenters. The van der Waals surface area contributed by atoms with Crippen molar-refractivity contribution in [1.82, 2.24) is 19.1 Å². The molecule has 9 heteroatoms. The Hall–Kier alpha value is -3.53. The van der Waals surface area contributed by atoms with Crippen LogP contribution in [0.1, 0.15) is 23.8 Å². The van der Waals surface area contributed by atoms with E-state index in [0.717, 1.165) is 11.1 Å². The number of aliphatic hydroxyl groups is 1. The van der Waals surface area contributed by atoms with Crippen molar-refractivity contribution >= 4 is 11.2 Å². The Morgan fingerprint density at radius 1 is 1.06 bits per heavy atom. The molecule has 1 aliphatic heterocycles. The summed E-state index contributed by atoms with van der Waals surface area (Å²) in [7, 11) is 1.50. The van der Waals surface area contributed by atoms with Gasteiger partial charge in [-0.3, -0.25) is 9.13 Å². The molecule has 4 aromatic rings. The van der Waals surface area contributed by atoms with Gasteiger partial charge in [0, 0.05) is 6.42 Å². The summed E-state index contributed by atoms with van der Waals surface area (Å²) in [4.78, 5) is 22.2. The van der Waals surface area contributed by atoms with Crippen molar-refractivity contribution in [3.63, 3.8) is 0 Å². The standard InChI is InChI=1S/C25H26N4O5/c1-32-24-22-23(26-16-27-24)28(13-17-8-4-2-5-9-17)25(31)29(22)21-12-19(20(14-30)34-21)33-15-18-10-6-3-7-11-18/h2-11,16,19-21,30H,12-15H2,1H3/t19-,20+,21+/m0/s1. The average molecular weight is 463 g/mol. The first-order chi connectivity index (χ1) is 16.7. The van der Waals surface area contributed by atoms with E-state index < -0.39 is 12.3 Å². The molecule has 0 aliphatic carbocycles. The molecule has 2 aromatic carbocycles. The summed E-state index contributed by atoms with van der Waals surface area (Å²) in [5.74, 6) is 0.284. The highest BCUT2D eigenvalue weighted by molar-refractivity contribution is 5.77. The first-order valence-electron chi connectivity index (χ1n) is 11.1. The molecule has 0 radical (unpaired) electrons. The fraction of sp³-hybridized carbons (Fsp3) is 0.320. The molecule has 0 amide bonds. The lowest BCUT2D eigenvalue weighted by Crippen LogP contribution is -2.29. The van der Waals surface area contributed by atoms with E-state index in [1.807, 2.05) is 60.7 Å². The maximum absolute atomic E-state index is 13.6. The van der Waals surface area contributed by atoms with Crippen molar-refractivity contribution in [2.45, 2.75) is 38.0 Å². The van der Waals surface area contributed by atoms with Crippen LogP contribution in [0.2, 0.25) is 0 Å². The average Bonchev–Trinajstić information content (AvgIpc) is 3.42. The van der Waals surface area contributed by atoms with E-state index in [0.29, 0.717) is 30.7 Å². The number of rotatable bonds is 8. The lowest BCUT2D eigenvalue weighted by molar-refractivity contribution is -0.0647. The number of aromatic nitrogens is 4. The summed E-state index contributed by atoms with van der Waals surface area (Å²) >= 11 is 0. The molecule has 176 valence electrons. The fourth-order valence-corrected chi connectivity index (χ4v) is 4.38. The quantitative estimate of drug-likeness (QED) is 0.429. The summed E-state index contributed by atoms with van der Waals surface area (Å²) in [6.07, 6.45) is 0.156. The first kappa shape index (κ1) is 22.3. The van der Waals surface area contributed by atoms with Crippen molar-refractivity contribution in [3.05, 3.63) is 88.6 Å². The molecule has 1 N–H and O–H groups in total. The van der Waals surface area contributed by atoms with Crippen LogP contribution in [0.25, 0.3) is 11.2 Å². The highest BCUT2D eigenvalue weighted by Crippen LogP contribution is 2.34. The molecule has 0 spiro atoms. The predicted octanol–water partition coefficient (Wildman–Crippen LogP) is 2.52. The molecule has 1 saturated heterocycles. The molecule has 9 nitrogen and oxygen atoms in total. The van der Waals surface area contributed by atoms with Gasteiger partial charge >= 0.3 is 5.69 Å². The monoisotopic (exact) mass is 462 g/mol. The Balaban J connectivity index is 1.50. The van der Waals surface area contributed by atoms with E-state index in [-0.39, 0.29) is 24.3 Å². The van der Waals surface area contributed by atoms with Gasteiger partial charge in [-0.25, -0.2) is 9.78 Å². The lowest BCUT2D eigenvalue weighted by Gasteiger charge is -2.16. The van der Waals surface area contributed by atoms with Gasteiger partial charge in [-0.15, -0.1) is 0 Å². The molecule has 2 aromatic heterocycles. The highest BCUT2D eigenvalue weighted by Gasteiger charge is 2.39. The minimum Gasteiger partial charge on any atom is -0.479 e. The second-order valence-corrected chi connectivity index (χ2v) is 8.16. The lowest BCUT2D eigenvalue weighted by atomic mass is 10.1. The Kier molecular flexibility index (Phi) is 6.39. The molecule has 3 atom stereocenters. The largest absolute Gasteiger partial charge is 0.479 e. The van der Waals surface area contributed by atoms with E-state index in [4.69, 9.17) is 14.2 Å². The van der Waals surface area contributed by atoms with Gasteiger partial charge in [0.2, 0.25) is 5.88 Å². The second kappa shape index (κ2) is 9.76. The topological polar surface area (TPSA) is 101 Å². The zero-order valence-electron chi connectivity index (χ0n) is 18.8. The van der Waals surface area contributed by atoms with Crippen LogP contribution in [0.5, 0.6) is 5.88 Å². The predicted molar refractivity (Wildman–Crippen MR) is 125 cm³/mol. The summed E-state index contributed by atoms with van der Waals surface area (Å²) in [5.41, 5.74) is 2.61. The van der Waals surface area contributed by atoms with Gasteiger partial charge in [0.05, 0.1) is 33.0 Å². The third-order valence-corrected chi connectivity index (χ3v) is 6.04. The number of nitrogens with zero attached hydrogens (tertiary/aromatic N) is 4. The summed E-state index contributed by atoms with van der Waals surface area (Å²) in [6.45, 7) is 0.504. The van der Waals surface area contributed by atoms with E-state index >= 15 is 0 Å². The minimum atomic E-state index is -0.662. The van der Waals surface area contributed by atoms with Crippen LogP contribution < -0.4 is 10.4 Å². The van der Waals surface area contributed by atoms with Crippen LogP contribution in [-0.4, -0.2) is 50.1 Å². The van der Waals surface area contributed by atoms with E-state index in [1.54, 1.807) is 4.57 Å². The fourth-order valence-electron chi connectivity index (χ4n) is 4.38. The van der Waals surface area contributed by atoms with Crippen LogP contribution in [0.4, 0.5) is 0 Å². The molecule has 5 rings (SSSR count). The molecule has 0 saturated carbocycles. The zero-order valence-corrected chi connectivity index (χ0v) is 18.8. The van der Waals surface area contributed by atoms with E-state index in [2.05, 4.69) is 9.97 Å². The Morgan fingerprint density at radius 3 is 2.44 bits per heavy atom. The Bertz CT molecular complexity index is 1310. The van der Waals surface area contributed by atoms with Gasteiger partial charge in [0.25, 0.3) is 0 Å². The van der Waals surface area contributed by atoms with Crippen molar-refractivity contribution in [1.29, 1.82) is 0 Å².